The second kappa shape index (κ2) is 5.97. The summed E-state index contributed by atoms with van der Waals surface area (Å²) >= 11 is 0. The van der Waals surface area contributed by atoms with Crippen molar-refractivity contribution in [2.45, 2.75) is 44.8 Å². The van der Waals surface area contributed by atoms with Crippen molar-refractivity contribution in [1.82, 2.24) is 0 Å². The monoisotopic (exact) mass is 174 g/mol. The molecule has 4 nitrogen and oxygen atoms in total. The third-order valence-corrected chi connectivity index (χ3v) is 1.85. The SMILES string of the molecule is CCCCCC(O)C(N)C(N)=O. The molecule has 0 heterocycles. The van der Waals surface area contributed by atoms with Gasteiger partial charge in [0.1, 0.15) is 6.04 Å². The van der Waals surface area contributed by atoms with E-state index in [1.807, 2.05) is 0 Å². The highest BCUT2D eigenvalue weighted by molar-refractivity contribution is 5.80. The Labute approximate surface area is 72.9 Å². The molecule has 0 saturated carbocycles. The number of carbonyl (C=O) groups is 1. The van der Waals surface area contributed by atoms with Gasteiger partial charge < -0.3 is 16.6 Å². The molecule has 0 aliphatic rings. The molecule has 4 heteroatoms. The third-order valence-electron chi connectivity index (χ3n) is 1.85. The molecule has 0 radical (unpaired) electrons. The van der Waals surface area contributed by atoms with Gasteiger partial charge in [-0.15, -0.1) is 0 Å². The number of rotatable bonds is 6. The first-order valence-electron chi connectivity index (χ1n) is 4.32. The number of hydrogen-bond donors (Lipinski definition) is 3. The fourth-order valence-electron chi connectivity index (χ4n) is 0.973. The molecule has 0 aromatic carbocycles. The van der Waals surface area contributed by atoms with E-state index in [4.69, 9.17) is 11.5 Å². The zero-order chi connectivity index (χ0) is 9.56. The van der Waals surface area contributed by atoms with E-state index in [0.717, 1.165) is 19.3 Å². The molecule has 0 aromatic rings. The van der Waals surface area contributed by atoms with Crippen molar-refractivity contribution in [3.8, 4) is 0 Å². The minimum Gasteiger partial charge on any atom is -0.391 e. The summed E-state index contributed by atoms with van der Waals surface area (Å²) in [7, 11) is 0. The molecule has 0 fully saturated rings. The van der Waals surface area contributed by atoms with Gasteiger partial charge in [0.2, 0.25) is 5.91 Å². The summed E-state index contributed by atoms with van der Waals surface area (Å²) in [4.78, 5) is 10.5. The maximum absolute atomic E-state index is 10.5. The lowest BCUT2D eigenvalue weighted by Gasteiger charge is -2.14. The predicted molar refractivity (Wildman–Crippen MR) is 47.3 cm³/mol. The number of hydrogen-bond acceptors (Lipinski definition) is 3. The first-order valence-corrected chi connectivity index (χ1v) is 4.32. The van der Waals surface area contributed by atoms with E-state index < -0.39 is 18.1 Å². The highest BCUT2D eigenvalue weighted by atomic mass is 16.3. The second-order valence-corrected chi connectivity index (χ2v) is 2.99. The van der Waals surface area contributed by atoms with Gasteiger partial charge in [0, 0.05) is 0 Å². The van der Waals surface area contributed by atoms with Gasteiger partial charge >= 0.3 is 0 Å². The lowest BCUT2D eigenvalue weighted by Crippen LogP contribution is -2.45. The van der Waals surface area contributed by atoms with Crippen LogP contribution in [0.3, 0.4) is 0 Å². The summed E-state index contributed by atoms with van der Waals surface area (Å²) < 4.78 is 0. The third kappa shape index (κ3) is 4.31. The predicted octanol–water partition coefficient (Wildman–Crippen LogP) is -0.260. The van der Waals surface area contributed by atoms with Crippen LogP contribution < -0.4 is 11.5 Å². The largest absolute Gasteiger partial charge is 0.391 e. The molecule has 0 aliphatic carbocycles. The zero-order valence-corrected chi connectivity index (χ0v) is 7.49. The normalized spacial score (nSPS) is 15.6. The van der Waals surface area contributed by atoms with E-state index in [1.54, 1.807) is 0 Å². The average molecular weight is 174 g/mol. The van der Waals surface area contributed by atoms with Crippen molar-refractivity contribution in [3.05, 3.63) is 0 Å². The Bertz CT molecular complexity index is 139. The van der Waals surface area contributed by atoms with Crippen molar-refractivity contribution in [3.63, 3.8) is 0 Å². The minimum atomic E-state index is -0.915. The van der Waals surface area contributed by atoms with Gasteiger partial charge in [-0.25, -0.2) is 0 Å². The highest BCUT2D eigenvalue weighted by Crippen LogP contribution is 2.05. The Kier molecular flexibility index (Phi) is 5.66. The summed E-state index contributed by atoms with van der Waals surface area (Å²) in [5.41, 5.74) is 10.2. The number of amides is 1. The molecule has 12 heavy (non-hydrogen) atoms. The van der Waals surface area contributed by atoms with E-state index in [2.05, 4.69) is 6.92 Å². The Hall–Kier alpha value is -0.610. The second-order valence-electron chi connectivity index (χ2n) is 2.99. The molecule has 2 atom stereocenters. The van der Waals surface area contributed by atoms with Gasteiger partial charge in [0.05, 0.1) is 6.10 Å². The summed E-state index contributed by atoms with van der Waals surface area (Å²) in [6, 6.07) is -0.915. The molecule has 0 spiro atoms. The molecule has 0 saturated heterocycles. The van der Waals surface area contributed by atoms with Crippen LogP contribution in [0.15, 0.2) is 0 Å². The van der Waals surface area contributed by atoms with Crippen LogP contribution in [0.5, 0.6) is 0 Å². The average Bonchev–Trinajstić information content (AvgIpc) is 2.03. The minimum absolute atomic E-state index is 0.554. The summed E-state index contributed by atoms with van der Waals surface area (Å²) in [5.74, 6) is -0.640. The van der Waals surface area contributed by atoms with E-state index in [0.29, 0.717) is 6.42 Å². The van der Waals surface area contributed by atoms with Crippen LogP contribution >= 0.6 is 0 Å². The first kappa shape index (κ1) is 11.4. The molecule has 0 bridgehead atoms. The smallest absolute Gasteiger partial charge is 0.237 e. The number of nitrogens with two attached hydrogens (primary N) is 2. The van der Waals surface area contributed by atoms with E-state index in [9.17, 15) is 9.90 Å². The molecular weight excluding hydrogens is 156 g/mol. The lowest BCUT2D eigenvalue weighted by atomic mass is 10.0. The van der Waals surface area contributed by atoms with Crippen molar-refractivity contribution >= 4 is 5.91 Å². The van der Waals surface area contributed by atoms with Crippen LogP contribution in [0.25, 0.3) is 0 Å². The number of primary amides is 1. The summed E-state index contributed by atoms with van der Waals surface area (Å²) in [5, 5.41) is 9.29. The van der Waals surface area contributed by atoms with Crippen LogP contribution in [0.4, 0.5) is 0 Å². The maximum Gasteiger partial charge on any atom is 0.237 e. The van der Waals surface area contributed by atoms with Crippen LogP contribution in [0.2, 0.25) is 0 Å². The highest BCUT2D eigenvalue weighted by Gasteiger charge is 2.18. The molecule has 72 valence electrons. The number of aliphatic hydroxyl groups excluding tert-OH is 1. The van der Waals surface area contributed by atoms with Gasteiger partial charge in [-0.05, 0) is 6.42 Å². The van der Waals surface area contributed by atoms with Gasteiger partial charge in [-0.3, -0.25) is 4.79 Å². The number of carbonyl (C=O) groups excluding carboxylic acids is 1. The molecule has 0 aliphatic heterocycles. The Morgan fingerprint density at radius 3 is 2.50 bits per heavy atom. The summed E-state index contributed by atoms with van der Waals surface area (Å²) in [6.45, 7) is 2.07. The Morgan fingerprint density at radius 2 is 2.08 bits per heavy atom. The fraction of sp³-hybridized carbons (Fsp3) is 0.875. The van der Waals surface area contributed by atoms with E-state index in [-0.39, 0.29) is 0 Å². The number of aliphatic hydroxyl groups is 1. The standard InChI is InChI=1S/C8H18N2O2/c1-2-3-4-5-6(11)7(9)8(10)12/h6-7,11H,2-5,9H2,1H3,(H2,10,12). The van der Waals surface area contributed by atoms with Crippen molar-refractivity contribution in [1.29, 1.82) is 0 Å². The molecule has 2 unspecified atom stereocenters. The molecule has 0 aromatic heterocycles. The molecule has 5 N–H and O–H groups in total. The van der Waals surface area contributed by atoms with Crippen molar-refractivity contribution < 1.29 is 9.90 Å². The van der Waals surface area contributed by atoms with Gasteiger partial charge in [0.25, 0.3) is 0 Å². The number of unbranched alkanes of at least 4 members (excludes halogenated alkanes) is 2. The van der Waals surface area contributed by atoms with Gasteiger partial charge in [-0.1, -0.05) is 26.2 Å². The van der Waals surface area contributed by atoms with E-state index >= 15 is 0 Å². The topological polar surface area (TPSA) is 89.3 Å². The quantitative estimate of drug-likeness (QED) is 0.485. The van der Waals surface area contributed by atoms with E-state index in [1.165, 1.54) is 0 Å². The van der Waals surface area contributed by atoms with Crippen molar-refractivity contribution in [2.24, 2.45) is 11.5 Å². The molecule has 1 amide bonds. The molecule has 0 rings (SSSR count). The Balaban J connectivity index is 3.56. The van der Waals surface area contributed by atoms with Gasteiger partial charge in [-0.2, -0.15) is 0 Å². The van der Waals surface area contributed by atoms with Crippen LogP contribution in [-0.2, 0) is 4.79 Å². The maximum atomic E-state index is 10.5. The lowest BCUT2D eigenvalue weighted by molar-refractivity contribution is -0.121. The first-order chi connectivity index (χ1) is 5.59. The fourth-order valence-corrected chi connectivity index (χ4v) is 0.973. The zero-order valence-electron chi connectivity index (χ0n) is 7.49. The van der Waals surface area contributed by atoms with Crippen LogP contribution in [0, 0.1) is 0 Å². The van der Waals surface area contributed by atoms with Crippen LogP contribution in [0.1, 0.15) is 32.6 Å². The molecular formula is C8H18N2O2. The van der Waals surface area contributed by atoms with Crippen LogP contribution in [-0.4, -0.2) is 23.2 Å². The van der Waals surface area contributed by atoms with Crippen molar-refractivity contribution in [2.75, 3.05) is 0 Å². The van der Waals surface area contributed by atoms with Gasteiger partial charge in [0.15, 0.2) is 0 Å². The summed E-state index contributed by atoms with van der Waals surface area (Å²) in [6.07, 6.45) is 2.78. The Morgan fingerprint density at radius 1 is 1.50 bits per heavy atom.